The highest BCUT2D eigenvalue weighted by Crippen LogP contribution is 2.34. The first-order valence-electron chi connectivity index (χ1n) is 9.87. The number of amidine groups is 1. The number of benzene rings is 1. The second-order valence-corrected chi connectivity index (χ2v) is 10.8. The van der Waals surface area contributed by atoms with Gasteiger partial charge < -0.3 is 19.9 Å². The number of hydrogen-bond acceptors (Lipinski definition) is 8. The summed E-state index contributed by atoms with van der Waals surface area (Å²) in [7, 11) is -2.97. The third-order valence-electron chi connectivity index (χ3n) is 5.29. The molecule has 0 aromatic heterocycles. The summed E-state index contributed by atoms with van der Waals surface area (Å²) in [5.41, 5.74) is 1.38. The van der Waals surface area contributed by atoms with E-state index in [2.05, 4.69) is 10.3 Å². The highest BCUT2D eigenvalue weighted by molar-refractivity contribution is 8.15. The molecule has 0 unspecified atom stereocenters. The normalized spacial score (nSPS) is 24.9. The van der Waals surface area contributed by atoms with Crippen molar-refractivity contribution in [1.82, 2.24) is 9.80 Å². The molecular weight excluding hydrogens is 428 g/mol. The van der Waals surface area contributed by atoms with E-state index in [9.17, 15) is 18.0 Å². The zero-order valence-electron chi connectivity index (χ0n) is 16.6. The van der Waals surface area contributed by atoms with Crippen LogP contribution in [0.4, 0.5) is 10.5 Å². The zero-order valence-corrected chi connectivity index (χ0v) is 18.2. The fraction of sp³-hybridized carbons (Fsp3) is 0.526. The molecule has 1 N–H and O–H groups in total. The molecule has 2 amide bonds. The molecule has 30 heavy (non-hydrogen) atoms. The molecule has 2 fully saturated rings. The van der Waals surface area contributed by atoms with Gasteiger partial charge in [0.2, 0.25) is 0 Å². The number of carbonyl (C=O) groups is 2. The summed E-state index contributed by atoms with van der Waals surface area (Å²) in [6.07, 6.45) is -0.338. The van der Waals surface area contributed by atoms with Crippen molar-refractivity contribution in [3.8, 4) is 0 Å². The molecule has 2 saturated heterocycles. The van der Waals surface area contributed by atoms with Crippen LogP contribution in [-0.2, 0) is 14.6 Å². The molecule has 3 aliphatic rings. The van der Waals surface area contributed by atoms with Gasteiger partial charge >= 0.3 is 6.09 Å². The van der Waals surface area contributed by atoms with E-state index in [0.717, 1.165) is 5.69 Å². The first kappa shape index (κ1) is 21.0. The number of nitrogens with one attached hydrogen (secondary N) is 1. The van der Waals surface area contributed by atoms with Crippen molar-refractivity contribution in [3.05, 3.63) is 29.8 Å². The quantitative estimate of drug-likeness (QED) is 0.736. The topological polar surface area (TPSA) is 108 Å². The summed E-state index contributed by atoms with van der Waals surface area (Å²) in [4.78, 5) is 32.3. The summed E-state index contributed by atoms with van der Waals surface area (Å²) in [6.45, 7) is 3.96. The lowest BCUT2D eigenvalue weighted by Gasteiger charge is -2.34. The summed E-state index contributed by atoms with van der Waals surface area (Å²) in [6, 6.07) is 6.98. The number of rotatable bonds is 3. The predicted octanol–water partition coefficient (Wildman–Crippen LogP) is 1.28. The molecular formula is C19H24N4O5S2. The monoisotopic (exact) mass is 452 g/mol. The van der Waals surface area contributed by atoms with Crippen molar-refractivity contribution in [2.75, 3.05) is 49.6 Å². The molecule has 0 bridgehead atoms. The molecule has 0 radical (unpaired) electrons. The van der Waals surface area contributed by atoms with E-state index >= 15 is 0 Å². The van der Waals surface area contributed by atoms with Crippen LogP contribution in [0, 0.1) is 0 Å². The Morgan fingerprint density at radius 2 is 1.80 bits per heavy atom. The van der Waals surface area contributed by atoms with Crippen LogP contribution in [0.2, 0.25) is 0 Å². The molecule has 3 heterocycles. The van der Waals surface area contributed by atoms with Crippen molar-refractivity contribution in [1.29, 1.82) is 0 Å². The number of nitrogens with zero attached hydrogens (tertiary/aromatic N) is 3. The van der Waals surface area contributed by atoms with Gasteiger partial charge in [0.1, 0.15) is 0 Å². The molecule has 2 atom stereocenters. The van der Waals surface area contributed by atoms with Gasteiger partial charge in [0.25, 0.3) is 5.91 Å². The Kier molecular flexibility index (Phi) is 5.92. The molecule has 9 nitrogen and oxygen atoms in total. The summed E-state index contributed by atoms with van der Waals surface area (Å²) >= 11 is 1.46. The Hall–Kier alpha value is -2.27. The Labute approximate surface area is 179 Å². The first-order chi connectivity index (χ1) is 14.3. The lowest BCUT2D eigenvalue weighted by atomic mass is 10.1. The second kappa shape index (κ2) is 8.46. The maximum atomic E-state index is 12.7. The van der Waals surface area contributed by atoms with Crippen LogP contribution >= 0.6 is 11.8 Å². The second-order valence-electron chi connectivity index (χ2n) is 7.42. The fourth-order valence-electron chi connectivity index (χ4n) is 3.73. The molecule has 11 heteroatoms. The minimum absolute atomic E-state index is 0.00775. The van der Waals surface area contributed by atoms with E-state index in [0.29, 0.717) is 43.5 Å². The number of carbonyl (C=O) groups excluding carboxylic acids is 2. The number of anilines is 1. The number of aliphatic imine (C=N–C) groups is 1. The lowest BCUT2D eigenvalue weighted by Crippen LogP contribution is -2.50. The molecule has 0 aliphatic carbocycles. The largest absolute Gasteiger partial charge is 0.450 e. The molecule has 1 aromatic carbocycles. The molecule has 0 spiro atoms. The van der Waals surface area contributed by atoms with Crippen molar-refractivity contribution < 1.29 is 22.7 Å². The SMILES string of the molecule is CCOC(=O)N1CCN(C(=O)c2ccc(NC3=N[C@H]4CS(=O)(=O)C[C@H]4S3)cc2)CC1. The van der Waals surface area contributed by atoms with Crippen LogP contribution < -0.4 is 5.32 Å². The number of hydrogen-bond donors (Lipinski definition) is 1. The fourth-order valence-corrected chi connectivity index (χ4v) is 7.40. The van der Waals surface area contributed by atoms with Crippen molar-refractivity contribution in [3.63, 3.8) is 0 Å². The highest BCUT2D eigenvalue weighted by atomic mass is 32.2. The van der Waals surface area contributed by atoms with Gasteiger partial charge in [0.15, 0.2) is 15.0 Å². The van der Waals surface area contributed by atoms with E-state index in [4.69, 9.17) is 4.74 Å². The Bertz CT molecular complexity index is 956. The van der Waals surface area contributed by atoms with Crippen LogP contribution in [0.15, 0.2) is 29.3 Å². The van der Waals surface area contributed by atoms with Crippen molar-refractivity contribution in [2.45, 2.75) is 18.2 Å². The Morgan fingerprint density at radius 1 is 1.13 bits per heavy atom. The third kappa shape index (κ3) is 4.56. The van der Waals surface area contributed by atoms with Crippen LogP contribution in [0.25, 0.3) is 0 Å². The van der Waals surface area contributed by atoms with E-state index in [1.807, 2.05) is 12.1 Å². The van der Waals surface area contributed by atoms with Crippen LogP contribution in [0.5, 0.6) is 0 Å². The molecule has 1 aromatic rings. The maximum absolute atomic E-state index is 12.7. The lowest BCUT2D eigenvalue weighted by molar-refractivity contribution is 0.0570. The summed E-state index contributed by atoms with van der Waals surface area (Å²) in [5, 5.41) is 3.92. The maximum Gasteiger partial charge on any atom is 0.409 e. The Balaban J connectivity index is 1.31. The van der Waals surface area contributed by atoms with Gasteiger partial charge in [0.05, 0.1) is 24.2 Å². The van der Waals surface area contributed by atoms with Crippen molar-refractivity contribution >= 4 is 44.5 Å². The smallest absolute Gasteiger partial charge is 0.409 e. The summed E-state index contributed by atoms with van der Waals surface area (Å²) in [5.74, 6) is 0.220. The van der Waals surface area contributed by atoms with Gasteiger partial charge in [-0.05, 0) is 31.2 Å². The number of thioether (sulfide) groups is 1. The molecule has 3 aliphatic heterocycles. The number of amides is 2. The Morgan fingerprint density at radius 3 is 2.43 bits per heavy atom. The van der Waals surface area contributed by atoms with Gasteiger partial charge in [-0.3, -0.25) is 9.79 Å². The van der Waals surface area contributed by atoms with Gasteiger partial charge in [-0.2, -0.15) is 0 Å². The van der Waals surface area contributed by atoms with Crippen molar-refractivity contribution in [2.24, 2.45) is 4.99 Å². The zero-order chi connectivity index (χ0) is 21.3. The van der Waals surface area contributed by atoms with Crippen LogP contribution in [-0.4, -0.2) is 91.0 Å². The molecule has 162 valence electrons. The highest BCUT2D eigenvalue weighted by Gasteiger charge is 2.42. The minimum Gasteiger partial charge on any atom is -0.450 e. The van der Waals surface area contributed by atoms with Gasteiger partial charge in [-0.25, -0.2) is 13.2 Å². The van der Waals surface area contributed by atoms with E-state index < -0.39 is 9.84 Å². The van der Waals surface area contributed by atoms with E-state index in [1.165, 1.54) is 11.8 Å². The van der Waals surface area contributed by atoms with E-state index in [1.54, 1.807) is 28.9 Å². The predicted molar refractivity (Wildman–Crippen MR) is 116 cm³/mol. The number of sulfone groups is 1. The standard InChI is InChI=1S/C19H24N4O5S2/c1-2-28-19(25)23-9-7-22(8-10-23)17(24)13-3-5-14(6-4-13)20-18-21-15-11-30(26,27)12-16(15)29-18/h3-6,15-16H,2,7-12H2,1H3,(H,20,21)/t15-,16+/m0/s1. The molecule has 0 saturated carbocycles. The van der Waals surface area contributed by atoms with Gasteiger partial charge in [-0.1, -0.05) is 11.8 Å². The average molecular weight is 453 g/mol. The number of ether oxygens (including phenoxy) is 1. The average Bonchev–Trinajstić information content (AvgIpc) is 3.21. The molecule has 4 rings (SSSR count). The number of piperazine rings is 1. The first-order valence-corrected chi connectivity index (χ1v) is 12.6. The van der Waals surface area contributed by atoms with Gasteiger partial charge in [-0.15, -0.1) is 0 Å². The number of fused-ring (bicyclic) bond motifs is 1. The van der Waals surface area contributed by atoms with Crippen LogP contribution in [0.3, 0.4) is 0 Å². The summed E-state index contributed by atoms with van der Waals surface area (Å²) < 4.78 is 28.3. The van der Waals surface area contributed by atoms with E-state index in [-0.39, 0.29) is 34.8 Å². The van der Waals surface area contributed by atoms with Crippen LogP contribution in [0.1, 0.15) is 17.3 Å². The van der Waals surface area contributed by atoms with Gasteiger partial charge in [0, 0.05) is 42.7 Å². The third-order valence-corrected chi connectivity index (χ3v) is 8.44. The minimum atomic E-state index is -2.97.